The molecule has 112 valence electrons. The smallest absolute Gasteiger partial charge is 0.137 e. The van der Waals surface area contributed by atoms with Gasteiger partial charge in [0.1, 0.15) is 17.5 Å². The number of nitrogens with zero attached hydrogens (tertiary/aromatic N) is 4. The van der Waals surface area contributed by atoms with Crippen molar-refractivity contribution in [2.24, 2.45) is 0 Å². The SMILES string of the molecule is CCCc1nc(N)c(C)c(N(C)C2CCN(C)CC2)n1. The third-order valence-corrected chi connectivity index (χ3v) is 4.25. The van der Waals surface area contributed by atoms with E-state index in [0.717, 1.165) is 43.1 Å². The molecule has 0 amide bonds. The van der Waals surface area contributed by atoms with E-state index in [1.165, 1.54) is 12.8 Å². The molecule has 20 heavy (non-hydrogen) atoms. The van der Waals surface area contributed by atoms with Gasteiger partial charge in [-0.05, 0) is 46.3 Å². The standard InChI is InChI=1S/C15H27N5/c1-5-6-13-17-14(16)11(2)15(18-13)20(4)12-7-9-19(3)10-8-12/h12H,5-10H2,1-4H3,(H2,16,17,18). The van der Waals surface area contributed by atoms with Crippen molar-refractivity contribution >= 4 is 11.6 Å². The van der Waals surface area contributed by atoms with Gasteiger partial charge >= 0.3 is 0 Å². The van der Waals surface area contributed by atoms with Crippen LogP contribution in [0.4, 0.5) is 11.6 Å². The van der Waals surface area contributed by atoms with Crippen molar-refractivity contribution in [1.82, 2.24) is 14.9 Å². The van der Waals surface area contributed by atoms with Crippen LogP contribution in [0.5, 0.6) is 0 Å². The molecule has 2 N–H and O–H groups in total. The van der Waals surface area contributed by atoms with Gasteiger partial charge in [-0.2, -0.15) is 0 Å². The van der Waals surface area contributed by atoms with Gasteiger partial charge in [0.2, 0.25) is 0 Å². The Morgan fingerprint density at radius 3 is 2.55 bits per heavy atom. The first-order valence-corrected chi connectivity index (χ1v) is 7.57. The van der Waals surface area contributed by atoms with E-state index in [9.17, 15) is 0 Å². The molecule has 0 aliphatic carbocycles. The van der Waals surface area contributed by atoms with Crippen LogP contribution in [0.15, 0.2) is 0 Å². The number of likely N-dealkylation sites (tertiary alicyclic amines) is 1. The molecule has 1 aliphatic heterocycles. The summed E-state index contributed by atoms with van der Waals surface area (Å²) in [4.78, 5) is 13.8. The number of aryl methyl sites for hydroxylation is 1. The monoisotopic (exact) mass is 277 g/mol. The maximum Gasteiger partial charge on any atom is 0.137 e. The number of nitrogen functional groups attached to an aromatic ring is 1. The van der Waals surface area contributed by atoms with Crippen molar-refractivity contribution in [1.29, 1.82) is 0 Å². The minimum atomic E-state index is 0.550. The Balaban J connectivity index is 2.21. The summed E-state index contributed by atoms with van der Waals surface area (Å²) >= 11 is 0. The van der Waals surface area contributed by atoms with Gasteiger partial charge in [-0.3, -0.25) is 0 Å². The van der Waals surface area contributed by atoms with Crippen molar-refractivity contribution < 1.29 is 0 Å². The van der Waals surface area contributed by atoms with Gasteiger partial charge in [-0.15, -0.1) is 0 Å². The normalized spacial score (nSPS) is 17.4. The highest BCUT2D eigenvalue weighted by molar-refractivity contribution is 5.56. The second kappa shape index (κ2) is 6.39. The number of hydrogen-bond donors (Lipinski definition) is 1. The van der Waals surface area contributed by atoms with Gasteiger partial charge in [0.05, 0.1) is 0 Å². The van der Waals surface area contributed by atoms with E-state index in [0.29, 0.717) is 11.9 Å². The van der Waals surface area contributed by atoms with Crippen LogP contribution in [-0.4, -0.2) is 48.1 Å². The van der Waals surface area contributed by atoms with Crippen LogP contribution in [0, 0.1) is 6.92 Å². The Morgan fingerprint density at radius 1 is 1.30 bits per heavy atom. The van der Waals surface area contributed by atoms with Crippen LogP contribution >= 0.6 is 0 Å². The van der Waals surface area contributed by atoms with Crippen molar-refractivity contribution in [2.45, 2.75) is 45.6 Å². The lowest BCUT2D eigenvalue weighted by molar-refractivity contribution is 0.252. The van der Waals surface area contributed by atoms with Crippen LogP contribution in [0.2, 0.25) is 0 Å². The van der Waals surface area contributed by atoms with Gasteiger partial charge in [-0.25, -0.2) is 9.97 Å². The van der Waals surface area contributed by atoms with E-state index in [-0.39, 0.29) is 0 Å². The molecule has 0 spiro atoms. The average Bonchev–Trinajstić information content (AvgIpc) is 2.43. The van der Waals surface area contributed by atoms with E-state index in [1.54, 1.807) is 0 Å². The summed E-state index contributed by atoms with van der Waals surface area (Å²) in [5.74, 6) is 2.50. The second-order valence-electron chi connectivity index (χ2n) is 5.87. The molecule has 2 rings (SSSR count). The summed E-state index contributed by atoms with van der Waals surface area (Å²) in [5, 5.41) is 0. The lowest BCUT2D eigenvalue weighted by Gasteiger charge is -2.36. The molecule has 5 heteroatoms. The Bertz CT molecular complexity index is 452. The summed E-state index contributed by atoms with van der Waals surface area (Å²) in [6.07, 6.45) is 4.29. The van der Waals surface area contributed by atoms with Crippen LogP contribution in [0.1, 0.15) is 37.6 Å². The van der Waals surface area contributed by atoms with E-state index in [2.05, 4.69) is 35.8 Å². The van der Waals surface area contributed by atoms with Crippen LogP contribution in [0.3, 0.4) is 0 Å². The predicted molar refractivity (Wildman–Crippen MR) is 84.1 cm³/mol. The van der Waals surface area contributed by atoms with E-state index in [1.807, 2.05) is 6.92 Å². The molecule has 1 saturated heterocycles. The molecule has 0 aromatic carbocycles. The Hall–Kier alpha value is -1.36. The topological polar surface area (TPSA) is 58.3 Å². The maximum atomic E-state index is 6.06. The summed E-state index contributed by atoms with van der Waals surface area (Å²) in [6.45, 7) is 6.46. The van der Waals surface area contributed by atoms with E-state index >= 15 is 0 Å². The lowest BCUT2D eigenvalue weighted by atomic mass is 10.0. The molecule has 0 atom stereocenters. The molecule has 1 aromatic rings. The number of aromatic nitrogens is 2. The highest BCUT2D eigenvalue weighted by Crippen LogP contribution is 2.26. The average molecular weight is 277 g/mol. The van der Waals surface area contributed by atoms with Gasteiger partial charge < -0.3 is 15.5 Å². The molecule has 5 nitrogen and oxygen atoms in total. The molecular formula is C15H27N5. The Labute approximate surface area is 122 Å². The number of anilines is 2. The van der Waals surface area contributed by atoms with Crippen LogP contribution < -0.4 is 10.6 Å². The summed E-state index contributed by atoms with van der Waals surface area (Å²) in [5.41, 5.74) is 7.06. The van der Waals surface area contributed by atoms with Crippen molar-refractivity contribution in [2.75, 3.05) is 37.8 Å². The summed E-state index contributed by atoms with van der Waals surface area (Å²) in [7, 11) is 4.32. The number of hydrogen-bond acceptors (Lipinski definition) is 5. The van der Waals surface area contributed by atoms with Gasteiger partial charge in [0.25, 0.3) is 0 Å². The molecule has 2 heterocycles. The minimum absolute atomic E-state index is 0.550. The van der Waals surface area contributed by atoms with Crippen LogP contribution in [0.25, 0.3) is 0 Å². The highest BCUT2D eigenvalue weighted by Gasteiger charge is 2.23. The zero-order chi connectivity index (χ0) is 14.7. The van der Waals surface area contributed by atoms with E-state index in [4.69, 9.17) is 10.7 Å². The lowest BCUT2D eigenvalue weighted by Crippen LogP contribution is -2.42. The molecule has 1 fully saturated rings. The first-order valence-electron chi connectivity index (χ1n) is 7.57. The largest absolute Gasteiger partial charge is 0.383 e. The summed E-state index contributed by atoms with van der Waals surface area (Å²) < 4.78 is 0. The molecule has 0 radical (unpaired) electrons. The second-order valence-corrected chi connectivity index (χ2v) is 5.87. The third-order valence-electron chi connectivity index (χ3n) is 4.25. The number of piperidine rings is 1. The molecule has 0 saturated carbocycles. The van der Waals surface area contributed by atoms with Crippen molar-refractivity contribution in [3.8, 4) is 0 Å². The fourth-order valence-electron chi connectivity index (χ4n) is 2.80. The number of nitrogens with two attached hydrogens (primary N) is 1. The highest BCUT2D eigenvalue weighted by atomic mass is 15.2. The first kappa shape index (κ1) is 15.0. The zero-order valence-electron chi connectivity index (χ0n) is 13.2. The molecule has 1 aromatic heterocycles. The number of rotatable bonds is 4. The molecule has 0 bridgehead atoms. The molecule has 1 aliphatic rings. The third kappa shape index (κ3) is 3.20. The van der Waals surface area contributed by atoms with Gasteiger partial charge in [0.15, 0.2) is 0 Å². The molecular weight excluding hydrogens is 250 g/mol. The zero-order valence-corrected chi connectivity index (χ0v) is 13.2. The quantitative estimate of drug-likeness (QED) is 0.910. The fraction of sp³-hybridized carbons (Fsp3) is 0.733. The first-order chi connectivity index (χ1) is 9.52. The Kier molecular flexibility index (Phi) is 4.81. The minimum Gasteiger partial charge on any atom is -0.383 e. The van der Waals surface area contributed by atoms with E-state index < -0.39 is 0 Å². The van der Waals surface area contributed by atoms with Crippen LogP contribution in [-0.2, 0) is 6.42 Å². The fourth-order valence-corrected chi connectivity index (χ4v) is 2.80. The van der Waals surface area contributed by atoms with Crippen molar-refractivity contribution in [3.63, 3.8) is 0 Å². The predicted octanol–water partition coefficient (Wildman–Crippen LogP) is 1.85. The van der Waals surface area contributed by atoms with Gasteiger partial charge in [0, 0.05) is 25.1 Å². The molecule has 0 unspecified atom stereocenters. The van der Waals surface area contributed by atoms with Gasteiger partial charge in [-0.1, -0.05) is 6.92 Å². The summed E-state index contributed by atoms with van der Waals surface area (Å²) in [6, 6.07) is 0.550. The maximum absolute atomic E-state index is 6.06. The Morgan fingerprint density at radius 2 is 1.95 bits per heavy atom. The van der Waals surface area contributed by atoms with Crippen molar-refractivity contribution in [3.05, 3.63) is 11.4 Å².